The Bertz CT molecular complexity index is 1020. The van der Waals surface area contributed by atoms with Gasteiger partial charge < -0.3 is 10.2 Å². The largest absolute Gasteiger partial charge is 0.354 e. The molecule has 0 saturated carbocycles. The molecule has 0 aliphatic carbocycles. The first-order valence-corrected chi connectivity index (χ1v) is 10.9. The number of aryl methyl sites for hydroxylation is 1. The molecule has 1 atom stereocenters. The van der Waals surface area contributed by atoms with E-state index in [1.807, 2.05) is 65.6 Å². The summed E-state index contributed by atoms with van der Waals surface area (Å²) in [5.41, 5.74) is 4.57. The Kier molecular flexibility index (Phi) is 6.78. The molecule has 0 radical (unpaired) electrons. The topological polar surface area (TPSA) is 49.4 Å². The van der Waals surface area contributed by atoms with Gasteiger partial charge in [-0.05, 0) is 35.1 Å². The van der Waals surface area contributed by atoms with Crippen molar-refractivity contribution in [3.63, 3.8) is 0 Å². The van der Waals surface area contributed by atoms with Crippen LogP contribution in [0.1, 0.15) is 17.5 Å². The molecule has 3 aromatic rings. The van der Waals surface area contributed by atoms with E-state index >= 15 is 0 Å². The molecule has 0 spiro atoms. The van der Waals surface area contributed by atoms with Crippen molar-refractivity contribution < 1.29 is 9.59 Å². The number of benzene rings is 3. The molecule has 3 aromatic carbocycles. The van der Waals surface area contributed by atoms with E-state index in [0.717, 1.165) is 28.7 Å². The fourth-order valence-electron chi connectivity index (χ4n) is 4.20. The van der Waals surface area contributed by atoms with Crippen molar-refractivity contribution in [1.29, 1.82) is 0 Å². The van der Waals surface area contributed by atoms with Crippen molar-refractivity contribution in [3.8, 4) is 11.1 Å². The standard InChI is InChI=1S/C27H28N2O2/c30-26(16-15-21-9-3-1-4-10-21)29-18-17-28-27(31)24(20-29)19-23-13-7-8-14-25(23)22-11-5-2-6-12-22/h1-14,24H,15-20H2,(H,28,31). The molecule has 158 valence electrons. The molecule has 1 aliphatic rings. The van der Waals surface area contributed by atoms with Crippen LogP contribution >= 0.6 is 0 Å². The van der Waals surface area contributed by atoms with Gasteiger partial charge in [0.25, 0.3) is 0 Å². The van der Waals surface area contributed by atoms with Crippen molar-refractivity contribution in [2.24, 2.45) is 5.92 Å². The van der Waals surface area contributed by atoms with Gasteiger partial charge >= 0.3 is 0 Å². The van der Waals surface area contributed by atoms with E-state index in [-0.39, 0.29) is 17.7 Å². The highest BCUT2D eigenvalue weighted by Gasteiger charge is 2.28. The Morgan fingerprint density at radius 1 is 0.903 bits per heavy atom. The number of rotatable bonds is 6. The minimum absolute atomic E-state index is 0.0289. The van der Waals surface area contributed by atoms with E-state index in [0.29, 0.717) is 32.5 Å². The summed E-state index contributed by atoms with van der Waals surface area (Å²) >= 11 is 0. The fourth-order valence-corrected chi connectivity index (χ4v) is 4.20. The maximum absolute atomic E-state index is 12.9. The van der Waals surface area contributed by atoms with Gasteiger partial charge in [-0.1, -0.05) is 84.9 Å². The molecular weight excluding hydrogens is 384 g/mol. The third-order valence-corrected chi connectivity index (χ3v) is 5.88. The average Bonchev–Trinajstić information content (AvgIpc) is 3.00. The Hall–Kier alpha value is -3.40. The zero-order valence-corrected chi connectivity index (χ0v) is 17.7. The van der Waals surface area contributed by atoms with Crippen LogP contribution in [0.5, 0.6) is 0 Å². The molecule has 1 fully saturated rings. The van der Waals surface area contributed by atoms with Crippen molar-refractivity contribution in [1.82, 2.24) is 10.2 Å². The van der Waals surface area contributed by atoms with E-state index in [4.69, 9.17) is 0 Å². The van der Waals surface area contributed by atoms with E-state index in [2.05, 4.69) is 29.6 Å². The van der Waals surface area contributed by atoms with Gasteiger partial charge in [0, 0.05) is 26.1 Å². The minimum Gasteiger partial charge on any atom is -0.354 e. The molecule has 1 aliphatic heterocycles. The number of hydrogen-bond donors (Lipinski definition) is 1. The molecule has 1 unspecified atom stereocenters. The second-order valence-electron chi connectivity index (χ2n) is 8.04. The summed E-state index contributed by atoms with van der Waals surface area (Å²) in [4.78, 5) is 27.5. The highest BCUT2D eigenvalue weighted by atomic mass is 16.2. The molecule has 0 bridgehead atoms. The second-order valence-corrected chi connectivity index (χ2v) is 8.04. The number of nitrogens with zero attached hydrogens (tertiary/aromatic N) is 1. The van der Waals surface area contributed by atoms with Crippen LogP contribution in [0.4, 0.5) is 0 Å². The molecule has 1 N–H and O–H groups in total. The zero-order valence-electron chi connectivity index (χ0n) is 17.7. The van der Waals surface area contributed by atoms with Gasteiger partial charge in [-0.25, -0.2) is 0 Å². The van der Waals surface area contributed by atoms with Crippen LogP contribution in [0, 0.1) is 5.92 Å². The zero-order chi connectivity index (χ0) is 21.5. The van der Waals surface area contributed by atoms with E-state index in [9.17, 15) is 9.59 Å². The summed E-state index contributed by atoms with van der Waals surface area (Å²) in [7, 11) is 0. The maximum atomic E-state index is 12.9. The lowest BCUT2D eigenvalue weighted by Crippen LogP contribution is -2.37. The lowest BCUT2D eigenvalue weighted by atomic mass is 9.91. The summed E-state index contributed by atoms with van der Waals surface area (Å²) in [6.45, 7) is 1.53. The molecule has 1 saturated heterocycles. The summed E-state index contributed by atoms with van der Waals surface area (Å²) in [6, 6.07) is 28.5. The number of carbonyl (C=O) groups excluding carboxylic acids is 2. The Labute approximate surface area is 183 Å². The van der Waals surface area contributed by atoms with Gasteiger partial charge in [0.05, 0.1) is 5.92 Å². The van der Waals surface area contributed by atoms with Crippen molar-refractivity contribution in [3.05, 3.63) is 96.1 Å². The molecule has 2 amide bonds. The van der Waals surface area contributed by atoms with E-state index < -0.39 is 0 Å². The molecule has 1 heterocycles. The normalized spacial score (nSPS) is 16.5. The van der Waals surface area contributed by atoms with Crippen molar-refractivity contribution in [2.45, 2.75) is 19.3 Å². The lowest BCUT2D eigenvalue weighted by Gasteiger charge is -2.24. The number of amides is 2. The predicted molar refractivity (Wildman–Crippen MR) is 123 cm³/mol. The Balaban J connectivity index is 1.47. The molecule has 4 heteroatoms. The van der Waals surface area contributed by atoms with Crippen LogP contribution in [-0.4, -0.2) is 36.3 Å². The monoisotopic (exact) mass is 412 g/mol. The summed E-state index contributed by atoms with van der Waals surface area (Å²) in [6.07, 6.45) is 1.80. The first-order valence-electron chi connectivity index (χ1n) is 10.9. The third kappa shape index (κ3) is 5.40. The molecular formula is C27H28N2O2. The first-order chi connectivity index (χ1) is 15.2. The van der Waals surface area contributed by atoms with Gasteiger partial charge in [-0.2, -0.15) is 0 Å². The van der Waals surface area contributed by atoms with Crippen LogP contribution < -0.4 is 5.32 Å². The highest BCUT2D eigenvalue weighted by molar-refractivity contribution is 5.82. The van der Waals surface area contributed by atoms with Crippen LogP contribution in [0.3, 0.4) is 0 Å². The van der Waals surface area contributed by atoms with Crippen molar-refractivity contribution >= 4 is 11.8 Å². The van der Waals surface area contributed by atoms with Crippen LogP contribution in [0.25, 0.3) is 11.1 Å². The van der Waals surface area contributed by atoms with Crippen molar-refractivity contribution in [2.75, 3.05) is 19.6 Å². The lowest BCUT2D eigenvalue weighted by molar-refractivity contribution is -0.132. The maximum Gasteiger partial charge on any atom is 0.225 e. The average molecular weight is 413 g/mol. The summed E-state index contributed by atoms with van der Waals surface area (Å²) in [5, 5.41) is 3.00. The highest BCUT2D eigenvalue weighted by Crippen LogP contribution is 2.26. The van der Waals surface area contributed by atoms with Gasteiger partial charge in [0.15, 0.2) is 0 Å². The van der Waals surface area contributed by atoms with Crippen LogP contribution in [0.15, 0.2) is 84.9 Å². The van der Waals surface area contributed by atoms with Crippen LogP contribution in [-0.2, 0) is 22.4 Å². The smallest absolute Gasteiger partial charge is 0.225 e. The molecule has 31 heavy (non-hydrogen) atoms. The number of carbonyl (C=O) groups is 2. The number of hydrogen-bond acceptors (Lipinski definition) is 2. The molecule has 4 nitrogen and oxygen atoms in total. The summed E-state index contributed by atoms with van der Waals surface area (Å²) in [5.74, 6) is -0.115. The Morgan fingerprint density at radius 2 is 1.58 bits per heavy atom. The van der Waals surface area contributed by atoms with Crippen LogP contribution in [0.2, 0.25) is 0 Å². The quantitative estimate of drug-likeness (QED) is 0.663. The predicted octanol–water partition coefficient (Wildman–Crippen LogP) is 4.10. The number of nitrogens with one attached hydrogen (secondary N) is 1. The molecule has 4 rings (SSSR count). The van der Waals surface area contributed by atoms with Gasteiger partial charge in [0.1, 0.15) is 0 Å². The van der Waals surface area contributed by atoms with Gasteiger partial charge in [0.2, 0.25) is 11.8 Å². The fraction of sp³-hybridized carbons (Fsp3) is 0.259. The minimum atomic E-state index is -0.256. The van der Waals surface area contributed by atoms with E-state index in [1.165, 1.54) is 0 Å². The SMILES string of the molecule is O=C1NCCN(C(=O)CCc2ccccc2)CC1Cc1ccccc1-c1ccccc1. The Morgan fingerprint density at radius 3 is 2.35 bits per heavy atom. The first kappa shape index (κ1) is 20.9. The second kappa shape index (κ2) is 10.1. The third-order valence-electron chi connectivity index (χ3n) is 5.88. The van der Waals surface area contributed by atoms with E-state index in [1.54, 1.807) is 0 Å². The molecule has 0 aromatic heterocycles. The van der Waals surface area contributed by atoms with Gasteiger partial charge in [-0.15, -0.1) is 0 Å². The van der Waals surface area contributed by atoms with Gasteiger partial charge in [-0.3, -0.25) is 9.59 Å². The summed E-state index contributed by atoms with van der Waals surface area (Å²) < 4.78 is 0.